The Hall–Kier alpha value is -3.28. The van der Waals surface area contributed by atoms with E-state index in [1.165, 1.54) is 16.2 Å². The number of nitrogens with zero attached hydrogens (tertiary/aromatic N) is 3. The molecule has 2 aromatic rings. The van der Waals surface area contributed by atoms with Crippen molar-refractivity contribution < 1.29 is 14.3 Å². The number of carbonyl (C=O) groups is 2. The minimum atomic E-state index is -0.219. The molecule has 174 valence electrons. The van der Waals surface area contributed by atoms with Gasteiger partial charge in [0.25, 0.3) is 11.8 Å². The minimum absolute atomic E-state index is 0.0708. The normalized spacial score (nSPS) is 17.1. The number of hydrogen-bond donors (Lipinski definition) is 0. The summed E-state index contributed by atoms with van der Waals surface area (Å²) in [4.78, 5) is 32.6. The van der Waals surface area contributed by atoms with Gasteiger partial charge in [0.2, 0.25) is 0 Å². The van der Waals surface area contributed by atoms with E-state index in [0.29, 0.717) is 24.4 Å². The lowest BCUT2D eigenvalue weighted by atomic mass is 10.0. The Morgan fingerprint density at radius 1 is 0.818 bits per heavy atom. The summed E-state index contributed by atoms with van der Waals surface area (Å²) in [6, 6.07) is 15.8. The molecule has 2 aromatic carbocycles. The van der Waals surface area contributed by atoms with Crippen LogP contribution in [0.3, 0.4) is 0 Å². The molecule has 0 saturated carbocycles. The number of rotatable bonds is 6. The van der Waals surface area contributed by atoms with Crippen molar-refractivity contribution in [2.24, 2.45) is 0 Å². The largest absolute Gasteiger partial charge is 0.491 e. The van der Waals surface area contributed by atoms with Crippen molar-refractivity contribution in [3.8, 4) is 5.75 Å². The summed E-state index contributed by atoms with van der Waals surface area (Å²) in [5.41, 5.74) is 4.20. The van der Waals surface area contributed by atoms with Gasteiger partial charge < -0.3 is 14.5 Å². The average molecular weight is 448 g/mol. The number of carbonyl (C=O) groups excluding carboxylic acids is 2. The fourth-order valence-electron chi connectivity index (χ4n) is 4.54. The van der Waals surface area contributed by atoms with Gasteiger partial charge in [-0.1, -0.05) is 24.3 Å². The number of anilines is 1. The van der Waals surface area contributed by atoms with Gasteiger partial charge >= 0.3 is 0 Å². The molecule has 4 rings (SSSR count). The maximum absolute atomic E-state index is 13.4. The molecule has 1 fully saturated rings. The van der Waals surface area contributed by atoms with Crippen LogP contribution in [0.1, 0.15) is 38.8 Å². The predicted octanol–water partition coefficient (Wildman–Crippen LogP) is 4.09. The number of benzene rings is 2. The van der Waals surface area contributed by atoms with Gasteiger partial charge in [-0.15, -0.1) is 0 Å². The summed E-state index contributed by atoms with van der Waals surface area (Å²) in [6.45, 7) is 12.8. The van der Waals surface area contributed by atoms with Crippen LogP contribution in [0.15, 0.2) is 54.2 Å². The van der Waals surface area contributed by atoms with Gasteiger partial charge in [0.15, 0.2) is 0 Å². The van der Waals surface area contributed by atoms with E-state index in [1.54, 1.807) is 0 Å². The first-order chi connectivity index (χ1) is 15.8. The lowest BCUT2D eigenvalue weighted by Gasteiger charge is -2.38. The molecule has 2 amide bonds. The molecule has 0 N–H and O–H groups in total. The number of aryl methyl sites for hydroxylation is 1. The highest BCUT2D eigenvalue weighted by atomic mass is 16.5. The van der Waals surface area contributed by atoms with E-state index in [9.17, 15) is 9.59 Å². The predicted molar refractivity (Wildman–Crippen MR) is 131 cm³/mol. The number of hydrogen-bond acceptors (Lipinski definition) is 5. The fourth-order valence-corrected chi connectivity index (χ4v) is 4.54. The second-order valence-corrected chi connectivity index (χ2v) is 9.30. The summed E-state index contributed by atoms with van der Waals surface area (Å²) in [5, 5.41) is 0. The number of piperazine rings is 1. The molecule has 0 spiro atoms. The SMILES string of the molecule is Cc1cccc(N2CCN(C3=C(c4ccc(OC(C)C)cc4)C(=O)N(C(C)C)C3=O)CC2)c1. The van der Waals surface area contributed by atoms with E-state index in [-0.39, 0.29) is 24.0 Å². The van der Waals surface area contributed by atoms with E-state index in [4.69, 9.17) is 4.74 Å². The standard InChI is InChI=1S/C27H33N3O3/c1-18(2)30-26(31)24(21-9-11-23(12-10-21)33-19(3)4)25(27(30)32)29-15-13-28(14-16-29)22-8-6-7-20(5)17-22/h6-12,17-19H,13-16H2,1-5H3. The van der Waals surface area contributed by atoms with Gasteiger partial charge in [-0.25, -0.2) is 0 Å². The molecule has 0 atom stereocenters. The molecule has 2 aliphatic rings. The zero-order valence-corrected chi connectivity index (χ0v) is 20.2. The smallest absolute Gasteiger partial charge is 0.278 e. The highest BCUT2D eigenvalue weighted by molar-refractivity contribution is 6.35. The van der Waals surface area contributed by atoms with Gasteiger partial charge in [0.1, 0.15) is 11.4 Å². The van der Waals surface area contributed by atoms with Crippen LogP contribution in [0.4, 0.5) is 5.69 Å². The van der Waals surface area contributed by atoms with Crippen molar-refractivity contribution in [2.45, 2.75) is 46.8 Å². The third kappa shape index (κ3) is 4.61. The summed E-state index contributed by atoms with van der Waals surface area (Å²) < 4.78 is 5.75. The Morgan fingerprint density at radius 2 is 1.45 bits per heavy atom. The van der Waals surface area contributed by atoms with Crippen LogP contribution in [-0.4, -0.2) is 59.9 Å². The van der Waals surface area contributed by atoms with Crippen LogP contribution >= 0.6 is 0 Å². The molecule has 2 aliphatic heterocycles. The fraction of sp³-hybridized carbons (Fsp3) is 0.407. The summed E-state index contributed by atoms with van der Waals surface area (Å²) >= 11 is 0. The minimum Gasteiger partial charge on any atom is -0.491 e. The first kappa shape index (κ1) is 22.9. The third-order valence-electron chi connectivity index (χ3n) is 6.08. The van der Waals surface area contributed by atoms with Crippen LogP contribution in [0.5, 0.6) is 5.75 Å². The third-order valence-corrected chi connectivity index (χ3v) is 6.08. The Morgan fingerprint density at radius 3 is 2.03 bits per heavy atom. The number of amides is 2. The number of ether oxygens (including phenoxy) is 1. The molecule has 6 nitrogen and oxygen atoms in total. The van der Waals surface area contributed by atoms with Crippen molar-refractivity contribution in [3.05, 3.63) is 65.4 Å². The van der Waals surface area contributed by atoms with E-state index in [1.807, 2.05) is 52.0 Å². The van der Waals surface area contributed by atoms with E-state index in [2.05, 4.69) is 41.0 Å². The molecule has 1 saturated heterocycles. The van der Waals surface area contributed by atoms with Crippen LogP contribution < -0.4 is 9.64 Å². The second-order valence-electron chi connectivity index (χ2n) is 9.30. The molecule has 6 heteroatoms. The van der Waals surface area contributed by atoms with Gasteiger partial charge in [-0.05, 0) is 70.0 Å². The van der Waals surface area contributed by atoms with Crippen LogP contribution in [-0.2, 0) is 9.59 Å². The molecule has 0 aliphatic carbocycles. The maximum atomic E-state index is 13.4. The quantitative estimate of drug-likeness (QED) is 0.625. The zero-order chi connectivity index (χ0) is 23.7. The first-order valence-corrected chi connectivity index (χ1v) is 11.7. The summed E-state index contributed by atoms with van der Waals surface area (Å²) in [7, 11) is 0. The topological polar surface area (TPSA) is 53.1 Å². The van der Waals surface area contributed by atoms with Crippen molar-refractivity contribution in [1.29, 1.82) is 0 Å². The van der Waals surface area contributed by atoms with Gasteiger partial charge in [-0.3, -0.25) is 14.5 Å². The molecule has 2 heterocycles. The van der Waals surface area contributed by atoms with E-state index < -0.39 is 0 Å². The van der Waals surface area contributed by atoms with Gasteiger partial charge in [0, 0.05) is 37.9 Å². The summed E-state index contributed by atoms with van der Waals surface area (Å²) in [5.74, 6) is 0.334. The summed E-state index contributed by atoms with van der Waals surface area (Å²) in [6.07, 6.45) is 0.0708. The van der Waals surface area contributed by atoms with Crippen molar-refractivity contribution in [2.75, 3.05) is 31.1 Å². The first-order valence-electron chi connectivity index (χ1n) is 11.7. The molecule has 0 bridgehead atoms. The van der Waals surface area contributed by atoms with Crippen molar-refractivity contribution in [1.82, 2.24) is 9.80 Å². The van der Waals surface area contributed by atoms with Gasteiger partial charge in [0.05, 0.1) is 11.7 Å². The molecule has 0 unspecified atom stereocenters. The lowest BCUT2D eigenvalue weighted by molar-refractivity contribution is -0.139. The molecule has 33 heavy (non-hydrogen) atoms. The van der Waals surface area contributed by atoms with Crippen molar-refractivity contribution in [3.63, 3.8) is 0 Å². The molecular formula is C27H33N3O3. The lowest BCUT2D eigenvalue weighted by Crippen LogP contribution is -2.48. The highest BCUT2D eigenvalue weighted by Gasteiger charge is 2.43. The molecular weight excluding hydrogens is 414 g/mol. The Labute approximate surface area is 196 Å². The highest BCUT2D eigenvalue weighted by Crippen LogP contribution is 2.34. The number of imide groups is 1. The monoisotopic (exact) mass is 447 g/mol. The zero-order valence-electron chi connectivity index (χ0n) is 20.2. The van der Waals surface area contributed by atoms with E-state index in [0.717, 1.165) is 24.4 Å². The van der Waals surface area contributed by atoms with Crippen LogP contribution in [0.25, 0.3) is 5.57 Å². The van der Waals surface area contributed by atoms with E-state index >= 15 is 0 Å². The Kier molecular flexibility index (Phi) is 6.45. The maximum Gasteiger partial charge on any atom is 0.278 e. The van der Waals surface area contributed by atoms with Crippen LogP contribution in [0, 0.1) is 6.92 Å². The molecule has 0 aromatic heterocycles. The Balaban J connectivity index is 1.63. The second kappa shape index (κ2) is 9.30. The van der Waals surface area contributed by atoms with Crippen LogP contribution in [0.2, 0.25) is 0 Å². The van der Waals surface area contributed by atoms with Gasteiger partial charge in [-0.2, -0.15) is 0 Å². The Bertz CT molecular complexity index is 1060. The molecule has 0 radical (unpaired) electrons. The average Bonchev–Trinajstić information content (AvgIpc) is 3.04. The van der Waals surface area contributed by atoms with Crippen molar-refractivity contribution >= 4 is 23.1 Å².